The van der Waals surface area contributed by atoms with E-state index in [9.17, 15) is 9.59 Å². The Labute approximate surface area is 196 Å². The lowest BCUT2D eigenvalue weighted by atomic mass is 9.90. The molecule has 3 aromatic rings. The van der Waals surface area contributed by atoms with Crippen molar-refractivity contribution in [3.8, 4) is 11.5 Å². The number of para-hydroxylation sites is 2. The molecule has 7 nitrogen and oxygen atoms in total. The smallest absolute Gasteiger partial charge is 0.244 e. The van der Waals surface area contributed by atoms with Gasteiger partial charge in [-0.25, -0.2) is 0 Å². The summed E-state index contributed by atoms with van der Waals surface area (Å²) in [5, 5.41) is 4.90. The maximum absolute atomic E-state index is 13.5. The van der Waals surface area contributed by atoms with E-state index in [1.807, 2.05) is 42.5 Å². The maximum Gasteiger partial charge on any atom is 0.244 e. The van der Waals surface area contributed by atoms with E-state index in [0.717, 1.165) is 29.1 Å². The van der Waals surface area contributed by atoms with E-state index in [4.69, 9.17) is 9.47 Å². The summed E-state index contributed by atoms with van der Waals surface area (Å²) in [5.41, 5.74) is 3.71. The first-order valence-electron chi connectivity index (χ1n) is 10.8. The van der Waals surface area contributed by atoms with Crippen LogP contribution in [0.1, 0.15) is 22.0 Å². The van der Waals surface area contributed by atoms with E-state index in [1.54, 1.807) is 30.5 Å². The van der Waals surface area contributed by atoms with Crippen LogP contribution in [0.5, 0.6) is 11.5 Å². The Balaban J connectivity index is 1.49. The fourth-order valence-corrected chi connectivity index (χ4v) is 5.54. The Bertz CT molecular complexity index is 1190. The second-order valence-electron chi connectivity index (χ2n) is 8.09. The van der Waals surface area contributed by atoms with Crippen LogP contribution in [0.2, 0.25) is 0 Å². The molecular formula is C25H25N3O4S. The number of amides is 2. The Morgan fingerprint density at radius 3 is 2.67 bits per heavy atom. The van der Waals surface area contributed by atoms with Crippen molar-refractivity contribution in [2.45, 2.75) is 12.5 Å². The normalized spacial score (nSPS) is 17.7. The number of benzene rings is 2. The van der Waals surface area contributed by atoms with Crippen LogP contribution in [-0.2, 0) is 16.0 Å². The minimum atomic E-state index is -0.183. The predicted octanol–water partition coefficient (Wildman–Crippen LogP) is 3.70. The summed E-state index contributed by atoms with van der Waals surface area (Å²) in [6.45, 7) is 0.950. The van der Waals surface area contributed by atoms with Crippen molar-refractivity contribution in [1.29, 1.82) is 0 Å². The van der Waals surface area contributed by atoms with Crippen LogP contribution in [-0.4, -0.2) is 50.6 Å². The van der Waals surface area contributed by atoms with Gasteiger partial charge in [0, 0.05) is 11.4 Å². The number of rotatable bonds is 5. The van der Waals surface area contributed by atoms with Gasteiger partial charge in [-0.1, -0.05) is 18.2 Å². The first-order chi connectivity index (χ1) is 16.1. The van der Waals surface area contributed by atoms with Gasteiger partial charge in [0.05, 0.1) is 38.2 Å². The lowest BCUT2D eigenvalue weighted by Gasteiger charge is -2.38. The average Bonchev–Trinajstić information content (AvgIpc) is 3.36. The predicted molar refractivity (Wildman–Crippen MR) is 128 cm³/mol. The second kappa shape index (κ2) is 8.88. The van der Waals surface area contributed by atoms with Gasteiger partial charge >= 0.3 is 0 Å². The fourth-order valence-electron chi connectivity index (χ4n) is 4.66. The van der Waals surface area contributed by atoms with Gasteiger partial charge < -0.3 is 14.8 Å². The topological polar surface area (TPSA) is 71.1 Å². The third-order valence-electron chi connectivity index (χ3n) is 6.20. The Hall–Kier alpha value is -3.36. The Morgan fingerprint density at radius 2 is 1.91 bits per heavy atom. The summed E-state index contributed by atoms with van der Waals surface area (Å²) in [6, 6.07) is 15.5. The minimum absolute atomic E-state index is 0.0228. The van der Waals surface area contributed by atoms with Crippen LogP contribution in [0.15, 0.2) is 53.9 Å². The highest BCUT2D eigenvalue weighted by molar-refractivity contribution is 7.10. The first kappa shape index (κ1) is 21.5. The van der Waals surface area contributed by atoms with Crippen LogP contribution >= 0.6 is 11.3 Å². The molecule has 2 amide bonds. The van der Waals surface area contributed by atoms with Gasteiger partial charge in [-0.2, -0.15) is 0 Å². The second-order valence-corrected chi connectivity index (χ2v) is 9.07. The molecule has 3 heterocycles. The molecule has 0 radical (unpaired) electrons. The van der Waals surface area contributed by atoms with Gasteiger partial charge in [-0.15, -0.1) is 11.3 Å². The number of thiophene rings is 1. The number of carbonyl (C=O) groups excluding carboxylic acids is 2. The van der Waals surface area contributed by atoms with Crippen LogP contribution in [0.4, 0.5) is 11.4 Å². The van der Waals surface area contributed by atoms with Crippen molar-refractivity contribution in [1.82, 2.24) is 4.90 Å². The van der Waals surface area contributed by atoms with Gasteiger partial charge in [0.1, 0.15) is 6.54 Å². The van der Waals surface area contributed by atoms with Crippen molar-refractivity contribution in [2.75, 3.05) is 44.1 Å². The van der Waals surface area contributed by atoms with Crippen molar-refractivity contribution in [3.05, 3.63) is 69.9 Å². The number of fused-ring (bicyclic) bond motifs is 2. The molecule has 0 aliphatic carbocycles. The van der Waals surface area contributed by atoms with Crippen LogP contribution in [0.3, 0.4) is 0 Å². The molecule has 2 aliphatic rings. The summed E-state index contributed by atoms with van der Waals surface area (Å²) in [5.74, 6) is 1.11. The number of nitrogens with zero attached hydrogens (tertiary/aromatic N) is 2. The quantitative estimate of drug-likeness (QED) is 0.625. The van der Waals surface area contributed by atoms with Crippen molar-refractivity contribution in [2.24, 2.45) is 0 Å². The molecule has 8 heteroatoms. The molecule has 0 saturated carbocycles. The number of ether oxygens (including phenoxy) is 2. The highest BCUT2D eigenvalue weighted by Gasteiger charge is 2.34. The van der Waals surface area contributed by atoms with E-state index < -0.39 is 0 Å². The average molecular weight is 464 g/mol. The Morgan fingerprint density at radius 1 is 1.12 bits per heavy atom. The molecule has 0 spiro atoms. The van der Waals surface area contributed by atoms with E-state index in [1.165, 1.54) is 5.56 Å². The number of carbonyl (C=O) groups is 2. The van der Waals surface area contributed by atoms with Gasteiger partial charge in [0.25, 0.3) is 0 Å². The molecule has 2 aromatic carbocycles. The van der Waals surface area contributed by atoms with Crippen molar-refractivity contribution < 1.29 is 19.1 Å². The molecule has 0 unspecified atom stereocenters. The zero-order chi connectivity index (χ0) is 22.9. The zero-order valence-electron chi connectivity index (χ0n) is 18.5. The summed E-state index contributed by atoms with van der Waals surface area (Å²) in [4.78, 5) is 30.7. The maximum atomic E-state index is 13.5. The summed E-state index contributed by atoms with van der Waals surface area (Å²) in [6.07, 6.45) is 0.794. The SMILES string of the molecule is COc1cc2c(cc1OC)[C@H](c1cccs1)N(CC(=O)N1CC(=O)Nc3ccccc31)CC2. The lowest BCUT2D eigenvalue weighted by Crippen LogP contribution is -2.48. The third-order valence-corrected chi connectivity index (χ3v) is 7.12. The monoisotopic (exact) mass is 463 g/mol. The first-order valence-corrected chi connectivity index (χ1v) is 11.7. The molecule has 2 aliphatic heterocycles. The number of hydrogen-bond acceptors (Lipinski definition) is 6. The zero-order valence-corrected chi connectivity index (χ0v) is 19.4. The summed E-state index contributed by atoms with van der Waals surface area (Å²) in [7, 11) is 3.27. The summed E-state index contributed by atoms with van der Waals surface area (Å²) < 4.78 is 11.1. The molecule has 33 heavy (non-hydrogen) atoms. The lowest BCUT2D eigenvalue weighted by molar-refractivity contribution is -0.123. The number of anilines is 2. The van der Waals surface area contributed by atoms with Crippen LogP contribution < -0.4 is 19.7 Å². The molecule has 0 bridgehead atoms. The van der Waals surface area contributed by atoms with E-state index in [2.05, 4.69) is 21.7 Å². The molecule has 1 atom stereocenters. The van der Waals surface area contributed by atoms with E-state index >= 15 is 0 Å². The number of methoxy groups -OCH3 is 2. The van der Waals surface area contributed by atoms with Gasteiger partial charge in [0.15, 0.2) is 11.5 Å². The largest absolute Gasteiger partial charge is 0.493 e. The van der Waals surface area contributed by atoms with Crippen molar-refractivity contribution in [3.63, 3.8) is 0 Å². The van der Waals surface area contributed by atoms with E-state index in [0.29, 0.717) is 17.2 Å². The molecule has 0 saturated heterocycles. The third kappa shape index (κ3) is 3.96. The number of hydrogen-bond donors (Lipinski definition) is 1. The van der Waals surface area contributed by atoms with Gasteiger partial charge in [0.2, 0.25) is 11.8 Å². The molecule has 0 fully saturated rings. The van der Waals surface area contributed by atoms with Gasteiger partial charge in [-0.05, 0) is 53.3 Å². The van der Waals surface area contributed by atoms with Crippen molar-refractivity contribution >= 4 is 34.5 Å². The van der Waals surface area contributed by atoms with Crippen LogP contribution in [0, 0.1) is 0 Å². The van der Waals surface area contributed by atoms with Gasteiger partial charge in [-0.3, -0.25) is 19.4 Å². The van der Waals surface area contributed by atoms with E-state index in [-0.39, 0.29) is 30.9 Å². The Kier molecular flexibility index (Phi) is 5.78. The number of nitrogens with one attached hydrogen (secondary N) is 1. The minimum Gasteiger partial charge on any atom is -0.493 e. The fraction of sp³-hybridized carbons (Fsp3) is 0.280. The summed E-state index contributed by atoms with van der Waals surface area (Å²) >= 11 is 1.67. The molecule has 1 aromatic heterocycles. The molecule has 170 valence electrons. The van der Waals surface area contributed by atoms with Crippen LogP contribution in [0.25, 0.3) is 0 Å². The molecule has 5 rings (SSSR count). The molecule has 1 N–H and O–H groups in total. The highest BCUT2D eigenvalue weighted by Crippen LogP contribution is 2.42. The highest BCUT2D eigenvalue weighted by atomic mass is 32.1. The standard InChI is InChI=1S/C25H25N3O4S/c1-31-20-12-16-9-10-27(25(22-8-5-11-33-22)17(16)13-21(20)32-2)15-24(30)28-14-23(29)26-18-6-3-4-7-19(18)28/h3-8,11-13,25H,9-10,14-15H2,1-2H3,(H,26,29)/t25-/m1/s1. The molecular weight excluding hydrogens is 438 g/mol.